The number of nitrogens with one attached hydrogen (secondary N) is 2. The van der Waals surface area contributed by atoms with Crippen LogP contribution in [0, 0.1) is 22.7 Å². The molecule has 0 unspecified atom stereocenters. The van der Waals surface area contributed by atoms with Crippen LogP contribution in [0.4, 0.5) is 11.4 Å². The van der Waals surface area contributed by atoms with Gasteiger partial charge in [-0.25, -0.2) is 0 Å². The summed E-state index contributed by atoms with van der Waals surface area (Å²) in [5, 5.41) is 24.0. The molecule has 0 heterocycles. The van der Waals surface area contributed by atoms with Crippen LogP contribution in [0.5, 0.6) is 0 Å². The molecule has 0 radical (unpaired) electrons. The van der Waals surface area contributed by atoms with E-state index in [2.05, 4.69) is 10.6 Å². The minimum absolute atomic E-state index is 0.182. The van der Waals surface area contributed by atoms with Crippen LogP contribution in [0.15, 0.2) is 54.2 Å². The molecule has 2 aromatic rings. The fourth-order valence-electron chi connectivity index (χ4n) is 1.79. The second-order valence-electron chi connectivity index (χ2n) is 4.53. The molecule has 0 spiro atoms. The van der Waals surface area contributed by atoms with E-state index in [1.54, 1.807) is 48.5 Å². The van der Waals surface area contributed by atoms with E-state index >= 15 is 0 Å². The van der Waals surface area contributed by atoms with Crippen LogP contribution in [0.2, 0.25) is 10.0 Å². The molecule has 118 valence electrons. The van der Waals surface area contributed by atoms with Gasteiger partial charge in [-0.2, -0.15) is 10.5 Å². The lowest BCUT2D eigenvalue weighted by molar-refractivity contribution is -0.112. The second kappa shape index (κ2) is 8.03. The van der Waals surface area contributed by atoms with Crippen LogP contribution in [-0.4, -0.2) is 5.91 Å². The SMILES string of the molecule is N#C/C(=C/Nc1ccccc1C#N)C(=O)Nc1cccc(Cl)c1Cl. The van der Waals surface area contributed by atoms with E-state index < -0.39 is 5.91 Å². The molecular weight excluding hydrogens is 347 g/mol. The standard InChI is InChI=1S/C17H10Cl2N4O/c18-13-5-3-7-15(16(13)19)23-17(24)12(9-21)10-22-14-6-2-1-4-11(14)8-20/h1-7,10,22H,(H,23,24)/b12-10-. The molecule has 2 N–H and O–H groups in total. The Bertz CT molecular complexity index is 894. The van der Waals surface area contributed by atoms with Crippen molar-refractivity contribution in [2.75, 3.05) is 10.6 Å². The number of nitriles is 2. The number of halogens is 2. The van der Waals surface area contributed by atoms with Gasteiger partial charge in [-0.1, -0.05) is 41.4 Å². The number of hydrogen-bond donors (Lipinski definition) is 2. The van der Waals surface area contributed by atoms with Crippen molar-refractivity contribution < 1.29 is 4.79 Å². The van der Waals surface area contributed by atoms with Crippen molar-refractivity contribution in [2.24, 2.45) is 0 Å². The first-order valence-electron chi connectivity index (χ1n) is 6.68. The minimum Gasteiger partial charge on any atom is -0.359 e. The van der Waals surface area contributed by atoms with Gasteiger partial charge in [-0.3, -0.25) is 4.79 Å². The molecule has 1 amide bonds. The maximum Gasteiger partial charge on any atom is 0.267 e. The molecule has 0 saturated carbocycles. The zero-order valence-electron chi connectivity index (χ0n) is 12.2. The van der Waals surface area contributed by atoms with Gasteiger partial charge in [0.1, 0.15) is 17.7 Å². The molecule has 2 aromatic carbocycles. The van der Waals surface area contributed by atoms with Gasteiger partial charge in [0.2, 0.25) is 0 Å². The van der Waals surface area contributed by atoms with E-state index in [0.29, 0.717) is 16.9 Å². The summed E-state index contributed by atoms with van der Waals surface area (Å²) in [6.07, 6.45) is 1.23. The Morgan fingerprint density at radius 1 is 1.04 bits per heavy atom. The summed E-state index contributed by atoms with van der Waals surface area (Å²) in [6.45, 7) is 0. The average Bonchev–Trinajstić information content (AvgIpc) is 2.60. The summed E-state index contributed by atoms with van der Waals surface area (Å²) in [6, 6.07) is 15.3. The Morgan fingerprint density at radius 2 is 1.75 bits per heavy atom. The Balaban J connectivity index is 2.19. The molecule has 0 aromatic heterocycles. The highest BCUT2D eigenvalue weighted by molar-refractivity contribution is 6.44. The summed E-state index contributed by atoms with van der Waals surface area (Å²) in [5.74, 6) is -0.649. The third kappa shape index (κ3) is 4.05. The average molecular weight is 357 g/mol. The zero-order valence-corrected chi connectivity index (χ0v) is 13.7. The maximum atomic E-state index is 12.2. The topological polar surface area (TPSA) is 88.7 Å². The van der Waals surface area contributed by atoms with Crippen molar-refractivity contribution >= 4 is 40.5 Å². The van der Waals surface area contributed by atoms with Gasteiger partial charge in [-0.15, -0.1) is 0 Å². The molecule has 5 nitrogen and oxygen atoms in total. The van der Waals surface area contributed by atoms with E-state index in [4.69, 9.17) is 33.7 Å². The third-order valence-electron chi connectivity index (χ3n) is 2.98. The molecular formula is C17H10Cl2N4O. The second-order valence-corrected chi connectivity index (χ2v) is 5.31. The number of carbonyl (C=O) groups excluding carboxylic acids is 1. The lowest BCUT2D eigenvalue weighted by Crippen LogP contribution is -2.15. The smallest absolute Gasteiger partial charge is 0.267 e. The third-order valence-corrected chi connectivity index (χ3v) is 3.80. The van der Waals surface area contributed by atoms with Crippen LogP contribution < -0.4 is 10.6 Å². The number of nitrogens with zero attached hydrogens (tertiary/aromatic N) is 2. The van der Waals surface area contributed by atoms with E-state index in [1.807, 2.05) is 6.07 Å². The molecule has 0 aliphatic heterocycles. The molecule has 0 saturated heterocycles. The predicted octanol–water partition coefficient (Wildman–Crippen LogP) is 4.32. The van der Waals surface area contributed by atoms with E-state index in [1.165, 1.54) is 6.20 Å². The lowest BCUT2D eigenvalue weighted by Gasteiger charge is -2.08. The van der Waals surface area contributed by atoms with Crippen molar-refractivity contribution in [3.05, 3.63) is 69.8 Å². The monoisotopic (exact) mass is 356 g/mol. The van der Waals surface area contributed by atoms with E-state index in [9.17, 15) is 4.79 Å². The van der Waals surface area contributed by atoms with Crippen LogP contribution in [0.25, 0.3) is 0 Å². The number of anilines is 2. The number of benzene rings is 2. The summed E-state index contributed by atoms with van der Waals surface area (Å²) in [4.78, 5) is 12.2. The summed E-state index contributed by atoms with van der Waals surface area (Å²) >= 11 is 11.9. The lowest BCUT2D eigenvalue weighted by atomic mass is 10.2. The van der Waals surface area contributed by atoms with Crippen molar-refractivity contribution in [1.82, 2.24) is 0 Å². The molecule has 7 heteroatoms. The number of rotatable bonds is 4. The van der Waals surface area contributed by atoms with Gasteiger partial charge in [0, 0.05) is 6.20 Å². The fraction of sp³-hybridized carbons (Fsp3) is 0. The quantitative estimate of drug-likeness (QED) is 0.630. The van der Waals surface area contributed by atoms with Crippen molar-refractivity contribution in [3.63, 3.8) is 0 Å². The minimum atomic E-state index is -0.649. The molecule has 2 rings (SSSR count). The Morgan fingerprint density at radius 3 is 2.46 bits per heavy atom. The summed E-state index contributed by atoms with van der Waals surface area (Å²) in [7, 11) is 0. The first-order chi connectivity index (χ1) is 11.6. The van der Waals surface area contributed by atoms with Gasteiger partial charge < -0.3 is 10.6 Å². The van der Waals surface area contributed by atoms with Gasteiger partial charge in [0.25, 0.3) is 5.91 Å². The molecule has 24 heavy (non-hydrogen) atoms. The summed E-state index contributed by atoms with van der Waals surface area (Å²) < 4.78 is 0. The highest BCUT2D eigenvalue weighted by atomic mass is 35.5. The Kier molecular flexibility index (Phi) is 5.81. The van der Waals surface area contributed by atoms with Crippen molar-refractivity contribution in [1.29, 1.82) is 10.5 Å². The predicted molar refractivity (Wildman–Crippen MR) is 93.6 cm³/mol. The van der Waals surface area contributed by atoms with Gasteiger partial charge >= 0.3 is 0 Å². The molecule has 0 aliphatic rings. The Labute approximate surface area is 148 Å². The Hall–Kier alpha value is -2.99. The van der Waals surface area contributed by atoms with Gasteiger partial charge in [-0.05, 0) is 24.3 Å². The largest absolute Gasteiger partial charge is 0.359 e. The summed E-state index contributed by atoms with van der Waals surface area (Å²) in [5.41, 5.74) is 0.997. The van der Waals surface area contributed by atoms with Crippen molar-refractivity contribution in [2.45, 2.75) is 0 Å². The highest BCUT2D eigenvalue weighted by Gasteiger charge is 2.12. The van der Waals surface area contributed by atoms with Gasteiger partial charge in [0.15, 0.2) is 0 Å². The highest BCUT2D eigenvalue weighted by Crippen LogP contribution is 2.29. The van der Waals surface area contributed by atoms with Crippen LogP contribution in [0.1, 0.15) is 5.56 Å². The van der Waals surface area contributed by atoms with Crippen LogP contribution in [-0.2, 0) is 4.79 Å². The molecule has 0 atom stereocenters. The fourth-order valence-corrected chi connectivity index (χ4v) is 2.14. The first-order valence-corrected chi connectivity index (χ1v) is 7.43. The normalized spacial score (nSPS) is 10.4. The van der Waals surface area contributed by atoms with Crippen molar-refractivity contribution in [3.8, 4) is 12.1 Å². The maximum absolute atomic E-state index is 12.2. The number of amides is 1. The number of hydrogen-bond acceptors (Lipinski definition) is 4. The zero-order chi connectivity index (χ0) is 17.5. The van der Waals surface area contributed by atoms with E-state index in [-0.39, 0.29) is 15.6 Å². The van der Waals surface area contributed by atoms with Crippen LogP contribution >= 0.6 is 23.2 Å². The van der Waals surface area contributed by atoms with E-state index in [0.717, 1.165) is 0 Å². The van der Waals surface area contributed by atoms with Crippen LogP contribution in [0.3, 0.4) is 0 Å². The molecule has 0 aliphatic carbocycles. The first kappa shape index (κ1) is 17.4. The number of para-hydroxylation sites is 1. The molecule has 0 fully saturated rings. The van der Waals surface area contributed by atoms with Gasteiger partial charge in [0.05, 0.1) is 27.0 Å². The molecule has 0 bridgehead atoms. The number of carbonyl (C=O) groups is 1.